The number of Topliss-reactive ketones (excluding diaryl/α,β-unsaturated/α-hetero) is 1. The topological polar surface area (TPSA) is 205 Å². The summed E-state index contributed by atoms with van der Waals surface area (Å²) in [6.07, 6.45) is 6.55. The summed E-state index contributed by atoms with van der Waals surface area (Å²) in [7, 11) is 1.45. The average molecular weight is 823 g/mol. The largest absolute Gasteiger partial charge is 0.507 e. The molecule has 14 nitrogen and oxygen atoms in total. The fourth-order valence-corrected chi connectivity index (χ4v) is 8.91. The van der Waals surface area contributed by atoms with E-state index in [1.54, 1.807) is 46.8 Å². The van der Waals surface area contributed by atoms with Gasteiger partial charge >= 0.3 is 11.8 Å². The number of ether oxygens (including phenoxy) is 4. The number of carbonyl (C=O) groups is 3. The SMILES string of the molecule is COC1/C=C/OC2(C)Oc3c(C)c(O)c4c(O)c(c(CN5C(C)CCCC5C)c(O)c4c3C2=O)NC(=O)/C(C)=C/C=C/C(C)C(O)C(C)C(O)C(C)C(OC(C)=O)C1C. The standard InChI is InChI=1S/C45H62N2O12/c1-21-14-12-15-22(2)44(55)46-35-30(20-47-23(3)16-13-17-24(47)4)39(52)32-33(40(35)53)38(51)28(8)42-34(32)43(54)45(10,59-42)57-19-18-31(56-11)25(5)41(58-29(9)48)27(7)37(50)26(6)36(21)49/h12,14-15,18-19,21,23-27,31,36-37,41,49-53H,13,16-17,20H2,1-11H3,(H,46,55)/b14-12+,19-18+,22-15+. The number of allylic oxidation sites excluding steroid dienone is 2. The van der Waals surface area contributed by atoms with Crippen LogP contribution in [0.2, 0.25) is 0 Å². The van der Waals surface area contributed by atoms with Crippen molar-refractivity contribution in [2.24, 2.45) is 23.7 Å². The number of ketones is 1. The summed E-state index contributed by atoms with van der Waals surface area (Å²) in [6.45, 7) is 16.9. The maximum absolute atomic E-state index is 14.5. The number of nitrogens with one attached hydrogen (secondary N) is 1. The van der Waals surface area contributed by atoms with Crippen molar-refractivity contribution >= 4 is 34.1 Å². The van der Waals surface area contributed by atoms with Gasteiger partial charge in [-0.15, -0.1) is 0 Å². The molecule has 0 aromatic heterocycles. The average Bonchev–Trinajstić information content (AvgIpc) is 3.45. The highest BCUT2D eigenvalue weighted by atomic mass is 16.7. The smallest absolute Gasteiger partial charge is 0.312 e. The lowest BCUT2D eigenvalue weighted by Crippen LogP contribution is -2.46. The monoisotopic (exact) mass is 822 g/mol. The first-order valence-corrected chi connectivity index (χ1v) is 20.5. The first-order chi connectivity index (χ1) is 27.7. The number of aliphatic hydroxyl groups is 2. The van der Waals surface area contributed by atoms with E-state index >= 15 is 0 Å². The molecule has 6 rings (SSSR count). The van der Waals surface area contributed by atoms with Gasteiger partial charge in [-0.2, -0.15) is 0 Å². The van der Waals surface area contributed by atoms with E-state index in [1.165, 1.54) is 46.3 Å². The number of hydrogen-bond donors (Lipinski definition) is 6. The molecular formula is C45H62N2O12. The molecule has 4 aliphatic rings. The molecular weight excluding hydrogens is 760 g/mol. The first-order valence-electron chi connectivity index (χ1n) is 20.5. The van der Waals surface area contributed by atoms with Gasteiger partial charge in [-0.25, -0.2) is 0 Å². The molecule has 0 radical (unpaired) electrons. The van der Waals surface area contributed by atoms with Crippen LogP contribution < -0.4 is 10.1 Å². The summed E-state index contributed by atoms with van der Waals surface area (Å²) in [4.78, 5) is 42.9. The fraction of sp³-hybridized carbons (Fsp3) is 0.578. The number of rotatable bonds is 4. The highest BCUT2D eigenvalue weighted by Crippen LogP contribution is 2.55. The van der Waals surface area contributed by atoms with Gasteiger partial charge in [0.2, 0.25) is 0 Å². The minimum atomic E-state index is -2.01. The van der Waals surface area contributed by atoms with Crippen molar-refractivity contribution in [2.75, 3.05) is 12.4 Å². The normalized spacial score (nSPS) is 34.4. The number of nitrogens with zero attached hydrogens (tertiary/aromatic N) is 1. The number of benzene rings is 2. The Hall–Kier alpha value is -4.63. The van der Waals surface area contributed by atoms with Crippen LogP contribution in [-0.2, 0) is 30.3 Å². The molecule has 11 atom stereocenters. The van der Waals surface area contributed by atoms with Crippen LogP contribution in [0, 0.1) is 30.6 Å². The minimum Gasteiger partial charge on any atom is -0.507 e. The van der Waals surface area contributed by atoms with Gasteiger partial charge < -0.3 is 49.8 Å². The van der Waals surface area contributed by atoms with Crippen LogP contribution in [0.15, 0.2) is 36.1 Å². The molecule has 0 saturated carbocycles. The van der Waals surface area contributed by atoms with Gasteiger partial charge in [0.05, 0.1) is 41.2 Å². The quantitative estimate of drug-likeness (QED) is 0.111. The van der Waals surface area contributed by atoms with Crippen molar-refractivity contribution in [1.82, 2.24) is 4.90 Å². The Morgan fingerprint density at radius 2 is 1.56 bits per heavy atom. The number of amides is 1. The molecule has 59 heavy (non-hydrogen) atoms. The number of hydrogen-bond acceptors (Lipinski definition) is 13. The van der Waals surface area contributed by atoms with Crippen molar-refractivity contribution in [3.05, 3.63) is 52.8 Å². The highest BCUT2D eigenvalue weighted by Gasteiger charge is 2.50. The van der Waals surface area contributed by atoms with Crippen LogP contribution in [0.25, 0.3) is 10.8 Å². The summed E-state index contributed by atoms with van der Waals surface area (Å²) in [5.41, 5.74) is 0.216. The molecule has 2 aromatic carbocycles. The molecule has 1 amide bonds. The third kappa shape index (κ3) is 8.68. The predicted molar refractivity (Wildman–Crippen MR) is 222 cm³/mol. The van der Waals surface area contributed by atoms with Crippen molar-refractivity contribution < 1.29 is 58.9 Å². The van der Waals surface area contributed by atoms with Gasteiger partial charge in [-0.05, 0) is 46.6 Å². The summed E-state index contributed by atoms with van der Waals surface area (Å²) >= 11 is 0. The Bertz CT molecular complexity index is 2030. The predicted octanol–water partition coefficient (Wildman–Crippen LogP) is 6.52. The van der Waals surface area contributed by atoms with Crippen molar-refractivity contribution in [2.45, 2.75) is 137 Å². The zero-order valence-electron chi connectivity index (χ0n) is 36.0. The molecule has 0 aliphatic carbocycles. The van der Waals surface area contributed by atoms with Gasteiger partial charge in [0, 0.05) is 85.3 Å². The van der Waals surface area contributed by atoms with E-state index in [2.05, 4.69) is 24.1 Å². The second-order valence-corrected chi connectivity index (χ2v) is 17.0. The number of methoxy groups -OCH3 is 1. The van der Waals surface area contributed by atoms with Crippen LogP contribution in [0.3, 0.4) is 0 Å². The number of likely N-dealkylation sites (tertiary alicyclic amines) is 1. The fourth-order valence-electron chi connectivity index (χ4n) is 8.91. The molecule has 11 unspecified atom stereocenters. The van der Waals surface area contributed by atoms with E-state index in [0.29, 0.717) is 0 Å². The van der Waals surface area contributed by atoms with Crippen molar-refractivity contribution in [3.63, 3.8) is 0 Å². The molecule has 0 spiro atoms. The van der Waals surface area contributed by atoms with E-state index < -0.39 is 88.8 Å². The second kappa shape index (κ2) is 17.9. The van der Waals surface area contributed by atoms with E-state index in [0.717, 1.165) is 19.3 Å². The van der Waals surface area contributed by atoms with Gasteiger partial charge in [0.25, 0.3) is 11.7 Å². The number of phenolic OH excluding ortho intramolecular Hbond substituents is 3. The Labute approximate surface area is 346 Å². The molecule has 4 heterocycles. The van der Waals surface area contributed by atoms with E-state index in [1.807, 2.05) is 0 Å². The lowest BCUT2D eigenvalue weighted by atomic mass is 9.78. The summed E-state index contributed by atoms with van der Waals surface area (Å²) in [5.74, 6) is -7.82. The molecule has 1 fully saturated rings. The first kappa shape index (κ1) is 45.5. The van der Waals surface area contributed by atoms with E-state index in [9.17, 15) is 39.9 Å². The molecule has 5 bridgehead atoms. The third-order valence-corrected chi connectivity index (χ3v) is 12.8. The second-order valence-electron chi connectivity index (χ2n) is 17.0. The summed E-state index contributed by atoms with van der Waals surface area (Å²) < 4.78 is 23.7. The number of piperidine rings is 1. The van der Waals surface area contributed by atoms with Crippen LogP contribution in [0.1, 0.15) is 103 Å². The number of anilines is 1. The Morgan fingerprint density at radius 3 is 2.17 bits per heavy atom. The highest BCUT2D eigenvalue weighted by molar-refractivity contribution is 6.22. The number of carbonyl (C=O) groups excluding carboxylic acids is 3. The Kier molecular flexibility index (Phi) is 13.8. The third-order valence-electron chi connectivity index (χ3n) is 12.8. The van der Waals surface area contributed by atoms with Crippen LogP contribution in [0.5, 0.6) is 23.0 Å². The maximum atomic E-state index is 14.5. The van der Waals surface area contributed by atoms with Crippen LogP contribution >= 0.6 is 0 Å². The summed E-state index contributed by atoms with van der Waals surface area (Å²) in [6, 6.07) is 0.175. The Morgan fingerprint density at radius 1 is 0.915 bits per heavy atom. The van der Waals surface area contributed by atoms with E-state index in [-0.39, 0.29) is 63.1 Å². The van der Waals surface area contributed by atoms with Gasteiger partial charge in [-0.3, -0.25) is 19.3 Å². The number of aromatic hydroxyl groups is 3. The summed E-state index contributed by atoms with van der Waals surface area (Å²) in [5, 5.41) is 61.3. The number of esters is 1. The van der Waals surface area contributed by atoms with Crippen molar-refractivity contribution in [3.8, 4) is 23.0 Å². The van der Waals surface area contributed by atoms with Crippen LogP contribution in [-0.4, -0.2) is 97.5 Å². The van der Waals surface area contributed by atoms with Crippen LogP contribution in [0.4, 0.5) is 5.69 Å². The molecule has 1 saturated heterocycles. The molecule has 6 N–H and O–H groups in total. The van der Waals surface area contributed by atoms with Crippen molar-refractivity contribution in [1.29, 1.82) is 0 Å². The molecule has 14 heteroatoms. The van der Waals surface area contributed by atoms with Gasteiger partial charge in [0.15, 0.2) is 5.75 Å². The zero-order chi connectivity index (χ0) is 43.8. The maximum Gasteiger partial charge on any atom is 0.312 e. The Balaban J connectivity index is 1.72. The minimum absolute atomic E-state index is 0.0518. The number of fused-ring (bicyclic) bond motifs is 14. The molecule has 324 valence electrons. The zero-order valence-corrected chi connectivity index (χ0v) is 36.0. The lowest BCUT2D eigenvalue weighted by molar-refractivity contribution is -0.160. The lowest BCUT2D eigenvalue weighted by Gasteiger charge is -2.39. The molecule has 2 aromatic rings. The molecule has 4 aliphatic heterocycles. The van der Waals surface area contributed by atoms with Gasteiger partial charge in [0.1, 0.15) is 23.4 Å². The number of phenols is 3. The van der Waals surface area contributed by atoms with Gasteiger partial charge in [-0.1, -0.05) is 52.3 Å². The number of aliphatic hydroxyl groups excluding tert-OH is 2. The van der Waals surface area contributed by atoms with E-state index in [4.69, 9.17) is 18.9 Å².